The molecule has 6 heteroatoms. The van der Waals surface area contributed by atoms with Gasteiger partial charge in [-0.2, -0.15) is 0 Å². The normalized spacial score (nSPS) is 24.5. The Hall–Kier alpha value is -2.24. The molecule has 0 aromatic rings. The topological polar surface area (TPSA) is 92.3 Å². The van der Waals surface area contributed by atoms with Crippen molar-refractivity contribution in [2.45, 2.75) is 64.2 Å². The summed E-state index contributed by atoms with van der Waals surface area (Å²) >= 11 is 0. The first-order valence-electron chi connectivity index (χ1n) is 9.68. The van der Waals surface area contributed by atoms with E-state index in [0.29, 0.717) is 23.0 Å². The van der Waals surface area contributed by atoms with Gasteiger partial charge in [0, 0.05) is 23.3 Å². The summed E-state index contributed by atoms with van der Waals surface area (Å²) in [7, 11) is 0. The summed E-state index contributed by atoms with van der Waals surface area (Å²) in [5.74, 6) is -0.162. The molecule has 0 bridgehead atoms. The van der Waals surface area contributed by atoms with Crippen LogP contribution in [0.4, 0.5) is 0 Å². The highest BCUT2D eigenvalue weighted by molar-refractivity contribution is 6.17. The van der Waals surface area contributed by atoms with Gasteiger partial charge in [0.2, 0.25) is 0 Å². The molecule has 2 N–H and O–H groups in total. The highest BCUT2D eigenvalue weighted by atomic mass is 16.2. The van der Waals surface area contributed by atoms with Gasteiger partial charge in [0.15, 0.2) is 0 Å². The number of carbonyl (C=O) groups is 4. The third-order valence-electron chi connectivity index (χ3n) is 5.66. The summed E-state index contributed by atoms with van der Waals surface area (Å²) in [6.07, 6.45) is 14.5. The average molecular weight is 358 g/mol. The molecule has 0 atom stereocenters. The Kier molecular flexibility index (Phi) is 6.01. The van der Waals surface area contributed by atoms with E-state index in [4.69, 9.17) is 0 Å². The molecule has 4 aliphatic rings. The fraction of sp³-hybridized carbons (Fsp3) is 0.600. The minimum absolute atomic E-state index is 0.170. The Morgan fingerprint density at radius 1 is 0.577 bits per heavy atom. The molecular formula is C20H26N2O4. The molecule has 2 fully saturated rings. The van der Waals surface area contributed by atoms with Crippen molar-refractivity contribution < 1.29 is 19.2 Å². The summed E-state index contributed by atoms with van der Waals surface area (Å²) in [4.78, 5) is 44.4. The fourth-order valence-corrected chi connectivity index (χ4v) is 4.29. The van der Waals surface area contributed by atoms with E-state index in [9.17, 15) is 19.2 Å². The van der Waals surface area contributed by atoms with Crippen molar-refractivity contribution in [1.82, 2.24) is 10.6 Å². The van der Waals surface area contributed by atoms with Crippen molar-refractivity contribution in [2.24, 2.45) is 11.8 Å². The first kappa shape index (κ1) is 18.5. The third-order valence-corrected chi connectivity index (χ3v) is 5.66. The number of hydrogen-bond acceptors (Lipinski definition) is 4. The number of rotatable bonds is 2. The van der Waals surface area contributed by atoms with Crippen LogP contribution in [-0.2, 0) is 19.2 Å². The molecule has 0 aromatic heterocycles. The Bertz CT molecular complexity index is 607. The maximum Gasteiger partial charge on any atom is 0.254 e. The molecule has 2 saturated carbocycles. The molecule has 0 unspecified atom stereocenters. The number of amides is 4. The lowest BCUT2D eigenvalue weighted by Crippen LogP contribution is -2.24. The Labute approximate surface area is 153 Å². The molecule has 4 rings (SSSR count). The largest absolute Gasteiger partial charge is 0.289 e. The van der Waals surface area contributed by atoms with Gasteiger partial charge >= 0.3 is 0 Å². The summed E-state index contributed by atoms with van der Waals surface area (Å²) in [6, 6.07) is 0. The molecule has 0 aromatic carbocycles. The quantitative estimate of drug-likeness (QED) is 0.741. The molecule has 2 aliphatic carbocycles. The van der Waals surface area contributed by atoms with E-state index >= 15 is 0 Å². The molecule has 140 valence electrons. The van der Waals surface area contributed by atoms with Crippen LogP contribution in [0.1, 0.15) is 64.2 Å². The van der Waals surface area contributed by atoms with Gasteiger partial charge in [-0.25, -0.2) is 0 Å². The van der Waals surface area contributed by atoms with Gasteiger partial charge in [0.25, 0.3) is 23.6 Å². The van der Waals surface area contributed by atoms with Crippen molar-refractivity contribution in [3.63, 3.8) is 0 Å². The summed E-state index contributed by atoms with van der Waals surface area (Å²) in [5.41, 5.74) is 1.43. The average Bonchev–Trinajstić information content (AvgIpc) is 3.17. The van der Waals surface area contributed by atoms with Gasteiger partial charge in [-0.3, -0.25) is 29.8 Å². The predicted octanol–water partition coefficient (Wildman–Crippen LogP) is 2.30. The highest BCUT2D eigenvalue weighted by Crippen LogP contribution is 2.31. The van der Waals surface area contributed by atoms with Crippen LogP contribution in [0.15, 0.2) is 23.3 Å². The lowest BCUT2D eigenvalue weighted by Gasteiger charge is -2.21. The van der Waals surface area contributed by atoms with E-state index in [-0.39, 0.29) is 23.6 Å². The van der Waals surface area contributed by atoms with Gasteiger partial charge in [0.1, 0.15) is 0 Å². The number of nitrogens with one attached hydrogen (secondary N) is 2. The molecule has 4 amide bonds. The maximum atomic E-state index is 11.3. The van der Waals surface area contributed by atoms with E-state index in [1.54, 1.807) is 0 Å². The number of carbonyl (C=O) groups excluding carboxylic acids is 4. The van der Waals surface area contributed by atoms with E-state index in [1.165, 1.54) is 50.7 Å². The van der Waals surface area contributed by atoms with Gasteiger partial charge in [-0.05, 0) is 37.5 Å². The van der Waals surface area contributed by atoms with Gasteiger partial charge < -0.3 is 0 Å². The van der Waals surface area contributed by atoms with Crippen LogP contribution in [0.25, 0.3) is 0 Å². The zero-order valence-electron chi connectivity index (χ0n) is 15.0. The van der Waals surface area contributed by atoms with E-state index in [0.717, 1.165) is 25.7 Å². The summed E-state index contributed by atoms with van der Waals surface area (Å²) in [6.45, 7) is 0. The minimum Gasteiger partial charge on any atom is -0.289 e. The van der Waals surface area contributed by atoms with Crippen molar-refractivity contribution >= 4 is 23.6 Å². The van der Waals surface area contributed by atoms with Crippen molar-refractivity contribution in [3.8, 4) is 0 Å². The number of imide groups is 2. The SMILES string of the molecule is O=C1C=C(C2CCCCC2)C(=O)N1.O=C1C=C(C2CCCCC2)C(=O)N1. The molecule has 2 aliphatic heterocycles. The standard InChI is InChI=1S/2C10H13NO2/c2*12-9-6-8(10(13)11-9)7-4-2-1-3-5-7/h2*6-7H,1-5H2,(H,11,12,13). The van der Waals surface area contributed by atoms with E-state index in [2.05, 4.69) is 10.6 Å². The number of hydrogen-bond donors (Lipinski definition) is 2. The zero-order valence-corrected chi connectivity index (χ0v) is 15.0. The molecule has 0 saturated heterocycles. The van der Waals surface area contributed by atoms with Crippen LogP contribution >= 0.6 is 0 Å². The van der Waals surface area contributed by atoms with Gasteiger partial charge in [-0.15, -0.1) is 0 Å². The third kappa shape index (κ3) is 4.48. The monoisotopic (exact) mass is 358 g/mol. The molecule has 2 heterocycles. The summed E-state index contributed by atoms with van der Waals surface area (Å²) < 4.78 is 0. The van der Waals surface area contributed by atoms with Crippen molar-refractivity contribution in [2.75, 3.05) is 0 Å². The van der Waals surface area contributed by atoms with Crippen LogP contribution in [-0.4, -0.2) is 23.6 Å². The van der Waals surface area contributed by atoms with Crippen LogP contribution in [0.3, 0.4) is 0 Å². The van der Waals surface area contributed by atoms with Crippen LogP contribution < -0.4 is 10.6 Å². The molecule has 6 nitrogen and oxygen atoms in total. The molecule has 0 radical (unpaired) electrons. The second kappa shape index (κ2) is 8.43. The van der Waals surface area contributed by atoms with Gasteiger partial charge in [-0.1, -0.05) is 38.5 Å². The Balaban J connectivity index is 0.000000151. The lowest BCUT2D eigenvalue weighted by molar-refractivity contribution is -0.125. The first-order chi connectivity index (χ1) is 12.5. The second-order valence-corrected chi connectivity index (χ2v) is 7.51. The van der Waals surface area contributed by atoms with E-state index < -0.39 is 0 Å². The van der Waals surface area contributed by atoms with Gasteiger partial charge in [0.05, 0.1) is 0 Å². The van der Waals surface area contributed by atoms with E-state index in [1.807, 2.05) is 0 Å². The van der Waals surface area contributed by atoms with Crippen LogP contribution in [0.2, 0.25) is 0 Å². The highest BCUT2D eigenvalue weighted by Gasteiger charge is 2.29. The lowest BCUT2D eigenvalue weighted by atomic mass is 9.84. The Morgan fingerprint density at radius 3 is 1.19 bits per heavy atom. The van der Waals surface area contributed by atoms with Crippen molar-refractivity contribution in [3.05, 3.63) is 23.3 Å². The minimum atomic E-state index is -0.245. The molecule has 26 heavy (non-hydrogen) atoms. The van der Waals surface area contributed by atoms with Crippen LogP contribution in [0, 0.1) is 11.8 Å². The smallest absolute Gasteiger partial charge is 0.254 e. The Morgan fingerprint density at radius 2 is 0.923 bits per heavy atom. The second-order valence-electron chi connectivity index (χ2n) is 7.51. The first-order valence-corrected chi connectivity index (χ1v) is 9.68. The molecule has 0 spiro atoms. The predicted molar refractivity (Wildman–Crippen MR) is 95.6 cm³/mol. The fourth-order valence-electron chi connectivity index (χ4n) is 4.29. The maximum absolute atomic E-state index is 11.3. The zero-order chi connectivity index (χ0) is 18.5. The van der Waals surface area contributed by atoms with Crippen molar-refractivity contribution in [1.29, 1.82) is 0 Å². The molecular weight excluding hydrogens is 332 g/mol. The summed E-state index contributed by atoms with van der Waals surface area (Å²) in [5, 5.41) is 4.59. The van der Waals surface area contributed by atoms with Crippen LogP contribution in [0.5, 0.6) is 0 Å².